The Hall–Kier alpha value is -1.48. The second-order valence-corrected chi connectivity index (χ2v) is 5.05. The molecule has 1 saturated heterocycles. The second-order valence-electron chi connectivity index (χ2n) is 4.67. The fourth-order valence-corrected chi connectivity index (χ4v) is 2.91. The van der Waals surface area contributed by atoms with E-state index in [1.807, 2.05) is 29.9 Å². The molecule has 0 atom stereocenters. The Labute approximate surface area is 112 Å². The molecule has 0 aliphatic carbocycles. The molecule has 0 N–H and O–H groups in total. The van der Waals surface area contributed by atoms with Gasteiger partial charge in [0.05, 0.1) is 5.69 Å². The first kappa shape index (κ1) is 11.6. The molecule has 2 aromatic rings. The van der Waals surface area contributed by atoms with Crippen LogP contribution in [0.15, 0.2) is 30.3 Å². The minimum absolute atomic E-state index is 0.769. The molecular formula is C14H16ClN3. The summed E-state index contributed by atoms with van der Waals surface area (Å²) in [5.41, 5.74) is 2.11. The molecule has 0 bridgehead atoms. The zero-order valence-corrected chi connectivity index (χ0v) is 11.2. The van der Waals surface area contributed by atoms with Crippen molar-refractivity contribution in [2.45, 2.75) is 12.8 Å². The van der Waals surface area contributed by atoms with E-state index < -0.39 is 0 Å². The number of hydrogen-bond acceptors (Lipinski definition) is 2. The van der Waals surface area contributed by atoms with Gasteiger partial charge in [0.25, 0.3) is 0 Å². The van der Waals surface area contributed by atoms with Crippen molar-refractivity contribution in [3.63, 3.8) is 0 Å². The molecule has 4 heteroatoms. The number of halogens is 1. The van der Waals surface area contributed by atoms with Gasteiger partial charge in [-0.25, -0.2) is 0 Å². The van der Waals surface area contributed by atoms with Gasteiger partial charge in [-0.15, -0.1) is 0 Å². The van der Waals surface area contributed by atoms with E-state index in [0.717, 1.165) is 35.2 Å². The average molecular weight is 262 g/mol. The Bertz CT molecular complexity index is 542. The first-order valence-electron chi connectivity index (χ1n) is 6.30. The summed E-state index contributed by atoms with van der Waals surface area (Å²) in [6.45, 7) is 2.12. The van der Waals surface area contributed by atoms with E-state index in [1.165, 1.54) is 12.8 Å². The van der Waals surface area contributed by atoms with Gasteiger partial charge in [0, 0.05) is 25.7 Å². The maximum absolute atomic E-state index is 6.52. The van der Waals surface area contributed by atoms with Gasteiger partial charge in [0.1, 0.15) is 5.02 Å². The number of anilines is 1. The molecule has 0 amide bonds. The van der Waals surface area contributed by atoms with Gasteiger partial charge in [0.2, 0.25) is 0 Å². The Morgan fingerprint density at radius 1 is 1.11 bits per heavy atom. The number of nitrogens with zero attached hydrogens (tertiary/aromatic N) is 3. The van der Waals surface area contributed by atoms with Crippen molar-refractivity contribution in [2.24, 2.45) is 7.05 Å². The van der Waals surface area contributed by atoms with Gasteiger partial charge >= 0.3 is 0 Å². The summed E-state index contributed by atoms with van der Waals surface area (Å²) in [6, 6.07) is 10.2. The van der Waals surface area contributed by atoms with E-state index in [1.54, 1.807) is 0 Å². The highest BCUT2D eigenvalue weighted by molar-refractivity contribution is 6.35. The summed E-state index contributed by atoms with van der Waals surface area (Å²) >= 11 is 6.52. The third kappa shape index (κ3) is 1.89. The monoisotopic (exact) mass is 261 g/mol. The highest BCUT2D eigenvalue weighted by Gasteiger charge is 2.22. The van der Waals surface area contributed by atoms with E-state index in [-0.39, 0.29) is 0 Å². The van der Waals surface area contributed by atoms with Crippen LogP contribution in [0.5, 0.6) is 0 Å². The van der Waals surface area contributed by atoms with Crippen LogP contribution in [-0.2, 0) is 7.05 Å². The Morgan fingerprint density at radius 2 is 1.78 bits per heavy atom. The number of hydrogen-bond donors (Lipinski definition) is 0. The quantitative estimate of drug-likeness (QED) is 0.827. The topological polar surface area (TPSA) is 21.1 Å². The van der Waals surface area contributed by atoms with Crippen LogP contribution in [0.2, 0.25) is 5.02 Å². The van der Waals surface area contributed by atoms with E-state index >= 15 is 0 Å². The molecule has 1 fully saturated rings. The fourth-order valence-electron chi connectivity index (χ4n) is 2.52. The summed E-state index contributed by atoms with van der Waals surface area (Å²) in [5, 5.41) is 5.35. The summed E-state index contributed by atoms with van der Waals surface area (Å²) in [5.74, 6) is 0.926. The van der Waals surface area contributed by atoms with Gasteiger partial charge in [0.15, 0.2) is 5.82 Å². The summed E-state index contributed by atoms with van der Waals surface area (Å²) < 4.78 is 1.88. The minimum Gasteiger partial charge on any atom is -0.354 e. The van der Waals surface area contributed by atoms with E-state index in [9.17, 15) is 0 Å². The van der Waals surface area contributed by atoms with Crippen LogP contribution < -0.4 is 4.90 Å². The number of aryl methyl sites for hydroxylation is 1. The predicted octanol–water partition coefficient (Wildman–Crippen LogP) is 3.34. The maximum Gasteiger partial charge on any atom is 0.170 e. The first-order chi connectivity index (χ1) is 8.77. The zero-order valence-electron chi connectivity index (χ0n) is 10.4. The van der Waals surface area contributed by atoms with E-state index in [0.29, 0.717) is 0 Å². The first-order valence-corrected chi connectivity index (χ1v) is 6.68. The number of aromatic nitrogens is 2. The minimum atomic E-state index is 0.769. The van der Waals surface area contributed by atoms with Gasteiger partial charge in [-0.1, -0.05) is 41.9 Å². The molecule has 3 rings (SSSR count). The lowest BCUT2D eigenvalue weighted by Crippen LogP contribution is -2.18. The largest absolute Gasteiger partial charge is 0.354 e. The molecule has 1 aromatic carbocycles. The number of rotatable bonds is 2. The van der Waals surface area contributed by atoms with Gasteiger partial charge in [-0.05, 0) is 12.8 Å². The molecule has 2 heterocycles. The normalized spacial score (nSPS) is 15.3. The molecule has 1 aliphatic rings. The average Bonchev–Trinajstić information content (AvgIpc) is 2.99. The van der Waals surface area contributed by atoms with Crippen LogP contribution in [0.4, 0.5) is 5.82 Å². The molecule has 18 heavy (non-hydrogen) atoms. The predicted molar refractivity (Wildman–Crippen MR) is 75.1 cm³/mol. The zero-order chi connectivity index (χ0) is 12.5. The van der Waals surface area contributed by atoms with Crippen molar-refractivity contribution in [3.8, 4) is 11.3 Å². The highest BCUT2D eigenvalue weighted by Crippen LogP contribution is 2.36. The Balaban J connectivity index is 2.06. The lowest BCUT2D eigenvalue weighted by Gasteiger charge is -2.13. The lowest BCUT2D eigenvalue weighted by molar-refractivity contribution is 0.762. The Kier molecular flexibility index (Phi) is 3.00. The smallest absolute Gasteiger partial charge is 0.170 e. The fraction of sp³-hybridized carbons (Fsp3) is 0.357. The van der Waals surface area contributed by atoms with Crippen molar-refractivity contribution in [1.29, 1.82) is 0 Å². The molecule has 1 aromatic heterocycles. The van der Waals surface area contributed by atoms with Crippen molar-refractivity contribution < 1.29 is 0 Å². The molecule has 0 saturated carbocycles. The van der Waals surface area contributed by atoms with Gasteiger partial charge < -0.3 is 4.90 Å². The van der Waals surface area contributed by atoms with E-state index in [2.05, 4.69) is 22.1 Å². The van der Waals surface area contributed by atoms with Gasteiger partial charge in [-0.3, -0.25) is 4.68 Å². The maximum atomic E-state index is 6.52. The third-order valence-corrected chi connectivity index (χ3v) is 3.77. The van der Waals surface area contributed by atoms with E-state index in [4.69, 9.17) is 11.6 Å². The standard InChI is InChI=1S/C14H16ClN3/c1-17-13(11-7-3-2-4-8-11)12(15)14(16-17)18-9-5-6-10-18/h2-4,7-8H,5-6,9-10H2,1H3. The highest BCUT2D eigenvalue weighted by atomic mass is 35.5. The van der Waals surface area contributed by atoms with Crippen LogP contribution in [-0.4, -0.2) is 22.9 Å². The Morgan fingerprint density at radius 3 is 2.44 bits per heavy atom. The van der Waals surface area contributed by atoms with Gasteiger partial charge in [-0.2, -0.15) is 5.10 Å². The second kappa shape index (κ2) is 4.65. The third-order valence-electron chi connectivity index (χ3n) is 3.43. The molecule has 0 unspecified atom stereocenters. The van der Waals surface area contributed by atoms with Crippen molar-refractivity contribution in [2.75, 3.05) is 18.0 Å². The summed E-state index contributed by atoms with van der Waals surface area (Å²) in [7, 11) is 1.95. The van der Waals surface area contributed by atoms with Crippen LogP contribution in [0.1, 0.15) is 12.8 Å². The van der Waals surface area contributed by atoms with Crippen LogP contribution in [0.3, 0.4) is 0 Å². The van der Waals surface area contributed by atoms with Crippen LogP contribution >= 0.6 is 11.6 Å². The molecule has 0 spiro atoms. The molecule has 94 valence electrons. The van der Waals surface area contributed by atoms with Crippen LogP contribution in [0.25, 0.3) is 11.3 Å². The molecule has 1 aliphatic heterocycles. The van der Waals surface area contributed by atoms with Crippen molar-refractivity contribution >= 4 is 17.4 Å². The molecular weight excluding hydrogens is 246 g/mol. The lowest BCUT2D eigenvalue weighted by atomic mass is 10.1. The summed E-state index contributed by atoms with van der Waals surface area (Å²) in [4.78, 5) is 2.27. The number of benzene rings is 1. The summed E-state index contributed by atoms with van der Waals surface area (Å²) in [6.07, 6.45) is 2.46. The van der Waals surface area contributed by atoms with Crippen molar-refractivity contribution in [3.05, 3.63) is 35.4 Å². The molecule has 0 radical (unpaired) electrons. The van der Waals surface area contributed by atoms with Crippen LogP contribution in [0, 0.1) is 0 Å². The molecule has 3 nitrogen and oxygen atoms in total. The van der Waals surface area contributed by atoms with Crippen molar-refractivity contribution in [1.82, 2.24) is 9.78 Å². The SMILES string of the molecule is Cn1nc(N2CCCC2)c(Cl)c1-c1ccccc1.